The first-order valence-electron chi connectivity index (χ1n) is 2.65. The molecule has 0 radical (unpaired) electrons. The molecule has 2 N–H and O–H groups in total. The van der Waals surface area contributed by atoms with Gasteiger partial charge in [0, 0.05) is 0 Å². The summed E-state index contributed by atoms with van der Waals surface area (Å²) in [5, 5.41) is 18.0. The summed E-state index contributed by atoms with van der Waals surface area (Å²) in [4.78, 5) is 0. The molecule has 9 heavy (non-hydrogen) atoms. The minimum absolute atomic E-state index is 0.634. The number of ether oxygens (including phenoxy) is 1. The predicted molar refractivity (Wildman–Crippen MR) is 28.5 cm³/mol. The van der Waals surface area contributed by atoms with Gasteiger partial charge in [0.25, 0.3) is 0 Å². The molecule has 0 amide bonds. The molecule has 1 aliphatic heterocycles. The molecule has 0 spiro atoms. The predicted octanol–water partition coefficient (Wildman–Crippen LogP) is 1.01. The first-order chi connectivity index (χ1) is 4.35. The molecule has 5 nitrogen and oxygen atoms in total. The standard InChI is InChI=1S/C4H8O.H2N2O2/c1-2-4-3-5-4;3-1-2-4/h4H,2-3H2,1H3;(H,1,4)(H,2,3). The van der Waals surface area contributed by atoms with Crippen molar-refractivity contribution >= 4 is 0 Å². The lowest BCUT2D eigenvalue weighted by molar-refractivity contribution is 0.177. The van der Waals surface area contributed by atoms with Gasteiger partial charge in [0.1, 0.15) is 0 Å². The Morgan fingerprint density at radius 3 is 2.00 bits per heavy atom. The molecule has 1 fully saturated rings. The maximum atomic E-state index is 7.08. The summed E-state index contributed by atoms with van der Waals surface area (Å²) in [6, 6.07) is 0. The fourth-order valence-electron chi connectivity index (χ4n) is 0.304. The topological polar surface area (TPSA) is 77.7 Å². The Kier molecular flexibility index (Phi) is 4.81. The van der Waals surface area contributed by atoms with Crippen LogP contribution in [-0.2, 0) is 4.74 Å². The molecule has 54 valence electrons. The summed E-state index contributed by atoms with van der Waals surface area (Å²) in [7, 11) is 0. The molecular weight excluding hydrogens is 124 g/mol. The van der Waals surface area contributed by atoms with Crippen LogP contribution in [0.2, 0.25) is 0 Å². The van der Waals surface area contributed by atoms with Crippen molar-refractivity contribution in [2.24, 2.45) is 10.6 Å². The molecule has 0 aromatic heterocycles. The van der Waals surface area contributed by atoms with E-state index in [1.165, 1.54) is 6.42 Å². The Hall–Kier alpha value is -0.840. The van der Waals surface area contributed by atoms with E-state index in [9.17, 15) is 0 Å². The van der Waals surface area contributed by atoms with Crippen molar-refractivity contribution in [3.63, 3.8) is 0 Å². The normalized spacial score (nSPS) is 23.0. The Morgan fingerprint density at radius 2 is 2.00 bits per heavy atom. The van der Waals surface area contributed by atoms with Gasteiger partial charge in [-0.1, -0.05) is 6.92 Å². The lowest BCUT2D eigenvalue weighted by Crippen LogP contribution is -1.73. The van der Waals surface area contributed by atoms with Crippen LogP contribution in [-0.4, -0.2) is 23.1 Å². The number of epoxide rings is 1. The molecule has 5 heteroatoms. The fraction of sp³-hybridized carbons (Fsp3) is 1.00. The van der Waals surface area contributed by atoms with Crippen molar-refractivity contribution in [2.75, 3.05) is 6.61 Å². The lowest BCUT2D eigenvalue weighted by atomic mass is 10.4. The van der Waals surface area contributed by atoms with Gasteiger partial charge in [-0.05, 0) is 6.42 Å². The maximum absolute atomic E-state index is 7.08. The summed E-state index contributed by atoms with van der Waals surface area (Å²) < 4.78 is 4.86. The van der Waals surface area contributed by atoms with Gasteiger partial charge in [0.05, 0.1) is 23.3 Å². The zero-order valence-corrected chi connectivity index (χ0v) is 5.19. The molecule has 0 bridgehead atoms. The summed E-state index contributed by atoms with van der Waals surface area (Å²) >= 11 is 0. The Labute approximate surface area is 52.9 Å². The average Bonchev–Trinajstić information content (AvgIpc) is 2.70. The minimum Gasteiger partial charge on any atom is -0.392 e. The molecule has 0 aromatic rings. The summed E-state index contributed by atoms with van der Waals surface area (Å²) in [5.74, 6) is 0. The molecule has 1 atom stereocenters. The van der Waals surface area contributed by atoms with Crippen molar-refractivity contribution in [3.8, 4) is 0 Å². The van der Waals surface area contributed by atoms with Crippen molar-refractivity contribution in [1.29, 1.82) is 0 Å². The van der Waals surface area contributed by atoms with E-state index in [2.05, 4.69) is 6.92 Å². The largest absolute Gasteiger partial charge is 0.392 e. The van der Waals surface area contributed by atoms with Gasteiger partial charge < -0.3 is 15.2 Å². The number of hydrogen-bond acceptors (Lipinski definition) is 3. The second kappa shape index (κ2) is 5.30. The Balaban J connectivity index is 0.000000148. The summed E-state index contributed by atoms with van der Waals surface area (Å²) in [6.07, 6.45) is 1.83. The highest BCUT2D eigenvalue weighted by Gasteiger charge is 2.18. The van der Waals surface area contributed by atoms with Gasteiger partial charge in [-0.15, -0.1) is 0 Å². The lowest BCUT2D eigenvalue weighted by Gasteiger charge is -1.69. The summed E-state index contributed by atoms with van der Waals surface area (Å²) in [5.41, 5.74) is 0. The van der Waals surface area contributed by atoms with Crippen molar-refractivity contribution in [2.45, 2.75) is 19.4 Å². The highest BCUT2D eigenvalue weighted by molar-refractivity contribution is 4.64. The monoisotopic (exact) mass is 134 g/mol. The molecule has 1 saturated heterocycles. The molecule has 0 saturated carbocycles. The highest BCUT2D eigenvalue weighted by Crippen LogP contribution is 2.10. The number of nitrogens with zero attached hydrogens (tertiary/aromatic N) is 2. The zero-order chi connectivity index (χ0) is 7.11. The third-order valence-corrected chi connectivity index (χ3v) is 0.898. The Bertz CT molecular complexity index is 77.9. The van der Waals surface area contributed by atoms with Crippen molar-refractivity contribution in [1.82, 2.24) is 0 Å². The molecule has 1 aliphatic rings. The molecule has 0 aliphatic carbocycles. The van der Waals surface area contributed by atoms with Gasteiger partial charge in [-0.2, -0.15) is 0 Å². The van der Waals surface area contributed by atoms with Crippen LogP contribution in [0.3, 0.4) is 0 Å². The van der Waals surface area contributed by atoms with Gasteiger partial charge in [0.15, 0.2) is 0 Å². The molecular formula is C4H10N2O3. The molecule has 1 unspecified atom stereocenters. The number of hydrogen-bond donors (Lipinski definition) is 2. The maximum Gasteiger partial charge on any atom is 0.0807 e. The first kappa shape index (κ1) is 8.16. The third-order valence-electron chi connectivity index (χ3n) is 0.898. The van der Waals surface area contributed by atoms with E-state index in [1.54, 1.807) is 0 Å². The quantitative estimate of drug-likeness (QED) is 0.319. The second-order valence-electron chi connectivity index (χ2n) is 1.54. The smallest absolute Gasteiger partial charge is 0.0807 e. The van der Waals surface area contributed by atoms with Gasteiger partial charge in [0.2, 0.25) is 0 Å². The van der Waals surface area contributed by atoms with Crippen LogP contribution in [0.5, 0.6) is 0 Å². The van der Waals surface area contributed by atoms with Gasteiger partial charge in [-0.3, -0.25) is 0 Å². The van der Waals surface area contributed by atoms with Crippen LogP contribution in [0, 0.1) is 0 Å². The van der Waals surface area contributed by atoms with E-state index in [4.69, 9.17) is 15.2 Å². The van der Waals surface area contributed by atoms with Crippen molar-refractivity contribution in [3.05, 3.63) is 0 Å². The van der Waals surface area contributed by atoms with Crippen LogP contribution in [0.25, 0.3) is 0 Å². The zero-order valence-electron chi connectivity index (χ0n) is 5.19. The fourth-order valence-corrected chi connectivity index (χ4v) is 0.304. The minimum atomic E-state index is 0.634. The second-order valence-corrected chi connectivity index (χ2v) is 1.54. The molecule has 1 rings (SSSR count). The van der Waals surface area contributed by atoms with Gasteiger partial charge in [-0.25, -0.2) is 0 Å². The van der Waals surface area contributed by atoms with Crippen LogP contribution in [0.4, 0.5) is 0 Å². The van der Waals surface area contributed by atoms with Gasteiger partial charge >= 0.3 is 0 Å². The van der Waals surface area contributed by atoms with E-state index in [1.807, 2.05) is 10.6 Å². The summed E-state index contributed by atoms with van der Waals surface area (Å²) in [6.45, 7) is 3.15. The Morgan fingerprint density at radius 1 is 1.56 bits per heavy atom. The van der Waals surface area contributed by atoms with Crippen LogP contribution in [0.1, 0.15) is 13.3 Å². The van der Waals surface area contributed by atoms with Crippen LogP contribution in [0.15, 0.2) is 10.6 Å². The average molecular weight is 134 g/mol. The first-order valence-corrected chi connectivity index (χ1v) is 2.65. The number of rotatable bonds is 1. The highest BCUT2D eigenvalue weighted by atomic mass is 16.6. The molecule has 0 aromatic carbocycles. The van der Waals surface area contributed by atoms with E-state index >= 15 is 0 Å². The van der Waals surface area contributed by atoms with E-state index in [-0.39, 0.29) is 0 Å². The van der Waals surface area contributed by atoms with E-state index in [0.717, 1.165) is 6.61 Å². The SMILES string of the molecule is CCC1CO1.ON=NO. The third kappa shape index (κ3) is 7.16. The van der Waals surface area contributed by atoms with Crippen molar-refractivity contribution < 1.29 is 15.2 Å². The molecule has 1 heterocycles. The van der Waals surface area contributed by atoms with E-state index in [0.29, 0.717) is 6.10 Å². The van der Waals surface area contributed by atoms with Crippen LogP contribution < -0.4 is 0 Å². The van der Waals surface area contributed by atoms with Crippen LogP contribution >= 0.6 is 0 Å². The van der Waals surface area contributed by atoms with E-state index < -0.39 is 0 Å².